The molecule has 0 aliphatic rings. The average molecular weight is 215 g/mol. The monoisotopic (exact) mass is 215 g/mol. The highest BCUT2D eigenvalue weighted by Crippen LogP contribution is 2.20. The number of imidazole rings is 1. The Balaban J connectivity index is 2.58. The van der Waals surface area contributed by atoms with Gasteiger partial charge in [-0.1, -0.05) is 12.1 Å². The van der Waals surface area contributed by atoms with Crippen molar-refractivity contribution in [2.75, 3.05) is 0 Å². The molecule has 84 valence electrons. The lowest BCUT2D eigenvalue weighted by Gasteiger charge is -2.13. The highest BCUT2D eigenvalue weighted by atomic mass is 15.1. The molecule has 16 heavy (non-hydrogen) atoms. The van der Waals surface area contributed by atoms with Gasteiger partial charge in [0.05, 0.1) is 18.2 Å². The second-order valence-electron chi connectivity index (χ2n) is 4.27. The highest BCUT2D eigenvalue weighted by Gasteiger charge is 2.09. The largest absolute Gasteiger partial charge is 0.323 e. The number of rotatable bonds is 2. The average Bonchev–Trinajstić information content (AvgIpc) is 2.70. The topological polar surface area (TPSA) is 43.8 Å². The van der Waals surface area contributed by atoms with Gasteiger partial charge in [-0.15, -0.1) is 0 Å². The van der Waals surface area contributed by atoms with Crippen LogP contribution in [0.4, 0.5) is 0 Å². The lowest BCUT2D eigenvalue weighted by molar-refractivity contribution is 0.751. The third-order valence-corrected chi connectivity index (χ3v) is 2.76. The van der Waals surface area contributed by atoms with Crippen molar-refractivity contribution in [1.29, 1.82) is 0 Å². The van der Waals surface area contributed by atoms with E-state index in [1.807, 2.05) is 19.4 Å². The predicted molar refractivity (Wildman–Crippen MR) is 65.6 cm³/mol. The van der Waals surface area contributed by atoms with Crippen molar-refractivity contribution < 1.29 is 0 Å². The number of benzene rings is 1. The Bertz CT molecular complexity index is 498. The summed E-state index contributed by atoms with van der Waals surface area (Å²) in [6.45, 7) is 6.16. The van der Waals surface area contributed by atoms with Gasteiger partial charge < -0.3 is 10.3 Å². The van der Waals surface area contributed by atoms with Gasteiger partial charge in [-0.2, -0.15) is 0 Å². The standard InChI is InChI=1S/C13H17N3/c1-9-4-5-10(2)12(6-9)16-8-15-7-13(16)11(3)14/h4-8,11H,14H2,1-3H3/t11-/m1/s1. The first kappa shape index (κ1) is 10.9. The van der Waals surface area contributed by atoms with Crippen molar-refractivity contribution in [2.24, 2.45) is 5.73 Å². The first-order valence-corrected chi connectivity index (χ1v) is 5.45. The van der Waals surface area contributed by atoms with Crippen molar-refractivity contribution in [3.05, 3.63) is 47.5 Å². The van der Waals surface area contributed by atoms with Crippen LogP contribution in [0.1, 0.15) is 29.8 Å². The van der Waals surface area contributed by atoms with Crippen molar-refractivity contribution >= 4 is 0 Å². The second-order valence-corrected chi connectivity index (χ2v) is 4.27. The summed E-state index contributed by atoms with van der Waals surface area (Å²) in [5.74, 6) is 0. The Morgan fingerprint density at radius 1 is 1.31 bits per heavy atom. The van der Waals surface area contributed by atoms with Gasteiger partial charge in [0, 0.05) is 11.7 Å². The van der Waals surface area contributed by atoms with Crippen LogP contribution in [-0.2, 0) is 0 Å². The fraction of sp³-hybridized carbons (Fsp3) is 0.308. The molecular formula is C13H17N3. The van der Waals surface area contributed by atoms with Gasteiger partial charge in [0.1, 0.15) is 0 Å². The lowest BCUT2D eigenvalue weighted by Crippen LogP contribution is -2.11. The van der Waals surface area contributed by atoms with Gasteiger partial charge >= 0.3 is 0 Å². The Morgan fingerprint density at radius 2 is 2.06 bits per heavy atom. The molecule has 2 N–H and O–H groups in total. The molecule has 1 heterocycles. The quantitative estimate of drug-likeness (QED) is 0.836. The van der Waals surface area contributed by atoms with E-state index in [1.54, 1.807) is 0 Å². The van der Waals surface area contributed by atoms with Crippen LogP contribution in [-0.4, -0.2) is 9.55 Å². The predicted octanol–water partition coefficient (Wildman–Crippen LogP) is 2.51. The van der Waals surface area contributed by atoms with Crippen LogP contribution in [0.5, 0.6) is 0 Å². The molecule has 0 aliphatic heterocycles. The zero-order chi connectivity index (χ0) is 11.7. The molecule has 0 fully saturated rings. The van der Waals surface area contributed by atoms with Crippen LogP contribution in [0, 0.1) is 13.8 Å². The van der Waals surface area contributed by atoms with Gasteiger partial charge in [0.2, 0.25) is 0 Å². The fourth-order valence-corrected chi connectivity index (χ4v) is 1.82. The van der Waals surface area contributed by atoms with E-state index in [9.17, 15) is 0 Å². The molecule has 3 heteroatoms. The Hall–Kier alpha value is -1.61. The summed E-state index contributed by atoms with van der Waals surface area (Å²) < 4.78 is 2.06. The Labute approximate surface area is 95.9 Å². The minimum atomic E-state index is -0.0117. The molecule has 1 aromatic heterocycles. The summed E-state index contributed by atoms with van der Waals surface area (Å²) in [5, 5.41) is 0. The number of aromatic nitrogens is 2. The minimum Gasteiger partial charge on any atom is -0.323 e. The molecule has 0 aliphatic carbocycles. The molecule has 0 saturated heterocycles. The van der Waals surface area contributed by atoms with Crippen LogP contribution < -0.4 is 5.73 Å². The molecule has 2 rings (SSSR count). The van der Waals surface area contributed by atoms with Gasteiger partial charge in [-0.25, -0.2) is 4.98 Å². The van der Waals surface area contributed by atoms with E-state index < -0.39 is 0 Å². The lowest BCUT2D eigenvalue weighted by atomic mass is 10.1. The molecule has 0 saturated carbocycles. The van der Waals surface area contributed by atoms with E-state index in [0.29, 0.717) is 0 Å². The fourth-order valence-electron chi connectivity index (χ4n) is 1.82. The van der Waals surface area contributed by atoms with Crippen LogP contribution in [0.25, 0.3) is 5.69 Å². The number of hydrogen-bond donors (Lipinski definition) is 1. The number of aryl methyl sites for hydroxylation is 2. The minimum absolute atomic E-state index is 0.0117. The number of nitrogens with zero attached hydrogens (tertiary/aromatic N) is 2. The Kier molecular flexibility index (Phi) is 2.79. The van der Waals surface area contributed by atoms with E-state index in [0.717, 1.165) is 11.4 Å². The second kappa shape index (κ2) is 4.10. The van der Waals surface area contributed by atoms with Gasteiger partial charge in [0.25, 0.3) is 0 Å². The molecule has 0 radical (unpaired) electrons. The highest BCUT2D eigenvalue weighted by molar-refractivity contribution is 5.44. The van der Waals surface area contributed by atoms with Gasteiger partial charge in [-0.3, -0.25) is 0 Å². The molecule has 0 unspecified atom stereocenters. The smallest absolute Gasteiger partial charge is 0.0994 e. The molecular weight excluding hydrogens is 198 g/mol. The van der Waals surface area contributed by atoms with E-state index >= 15 is 0 Å². The number of hydrogen-bond acceptors (Lipinski definition) is 2. The first-order chi connectivity index (χ1) is 7.59. The molecule has 3 nitrogen and oxygen atoms in total. The van der Waals surface area contributed by atoms with Gasteiger partial charge in [0.15, 0.2) is 0 Å². The molecule has 1 atom stereocenters. The summed E-state index contributed by atoms with van der Waals surface area (Å²) in [5.41, 5.74) is 10.6. The van der Waals surface area contributed by atoms with E-state index in [1.165, 1.54) is 11.1 Å². The maximum absolute atomic E-state index is 5.92. The number of nitrogens with two attached hydrogens (primary N) is 1. The van der Waals surface area contributed by atoms with Crippen molar-refractivity contribution in [1.82, 2.24) is 9.55 Å². The zero-order valence-electron chi connectivity index (χ0n) is 9.94. The zero-order valence-corrected chi connectivity index (χ0v) is 9.94. The summed E-state index contributed by atoms with van der Waals surface area (Å²) in [7, 11) is 0. The molecule has 0 amide bonds. The molecule has 1 aromatic carbocycles. The van der Waals surface area contributed by atoms with Crippen molar-refractivity contribution in [3.63, 3.8) is 0 Å². The third-order valence-electron chi connectivity index (χ3n) is 2.76. The molecule has 0 bridgehead atoms. The normalized spacial score (nSPS) is 12.8. The van der Waals surface area contributed by atoms with Crippen LogP contribution >= 0.6 is 0 Å². The first-order valence-electron chi connectivity index (χ1n) is 5.45. The summed E-state index contributed by atoms with van der Waals surface area (Å²) in [6, 6.07) is 6.38. The van der Waals surface area contributed by atoms with Crippen molar-refractivity contribution in [2.45, 2.75) is 26.8 Å². The maximum atomic E-state index is 5.92. The van der Waals surface area contributed by atoms with E-state index in [4.69, 9.17) is 5.73 Å². The summed E-state index contributed by atoms with van der Waals surface area (Å²) >= 11 is 0. The van der Waals surface area contributed by atoms with Gasteiger partial charge in [-0.05, 0) is 38.0 Å². The maximum Gasteiger partial charge on any atom is 0.0994 e. The molecule has 2 aromatic rings. The van der Waals surface area contributed by atoms with Crippen LogP contribution in [0.3, 0.4) is 0 Å². The van der Waals surface area contributed by atoms with E-state index in [-0.39, 0.29) is 6.04 Å². The molecule has 0 spiro atoms. The van der Waals surface area contributed by atoms with E-state index in [2.05, 4.69) is 41.6 Å². The SMILES string of the molecule is Cc1ccc(C)c(-n2cncc2[C@@H](C)N)c1. The third kappa shape index (κ3) is 1.86. The van der Waals surface area contributed by atoms with Crippen LogP contribution in [0.2, 0.25) is 0 Å². The van der Waals surface area contributed by atoms with Crippen molar-refractivity contribution in [3.8, 4) is 5.69 Å². The summed E-state index contributed by atoms with van der Waals surface area (Å²) in [6.07, 6.45) is 3.65. The summed E-state index contributed by atoms with van der Waals surface area (Å²) in [4.78, 5) is 4.17. The van der Waals surface area contributed by atoms with Crippen LogP contribution in [0.15, 0.2) is 30.7 Å². The Morgan fingerprint density at radius 3 is 2.75 bits per heavy atom.